The number of hydrogen-bond donors (Lipinski definition) is 2. The van der Waals surface area contributed by atoms with Crippen LogP contribution < -0.4 is 10.6 Å². The van der Waals surface area contributed by atoms with E-state index in [0.29, 0.717) is 23.5 Å². The Morgan fingerprint density at radius 2 is 2.09 bits per heavy atom. The van der Waals surface area contributed by atoms with Crippen molar-refractivity contribution in [2.75, 3.05) is 6.54 Å². The van der Waals surface area contributed by atoms with Gasteiger partial charge in [0.25, 0.3) is 5.91 Å². The molecule has 1 fully saturated rings. The van der Waals surface area contributed by atoms with Crippen LogP contribution in [0.1, 0.15) is 33.9 Å². The first-order valence-electron chi connectivity index (χ1n) is 7.76. The fourth-order valence-corrected chi connectivity index (χ4v) is 3.52. The number of nitrogens with zero attached hydrogens (tertiary/aromatic N) is 1. The maximum Gasteiger partial charge on any atom is 0.264 e. The molecule has 1 atom stereocenters. The molecule has 1 saturated heterocycles. The maximum absolute atomic E-state index is 12.7. The maximum atomic E-state index is 12.7. The Bertz CT molecular complexity index is 712. The quantitative estimate of drug-likeness (QED) is 0.909. The zero-order valence-electron chi connectivity index (χ0n) is 13.0. The van der Waals surface area contributed by atoms with Crippen LogP contribution in [-0.2, 0) is 4.79 Å². The lowest BCUT2D eigenvalue weighted by Crippen LogP contribution is -2.45. The Labute approximate surface area is 139 Å². The Morgan fingerprint density at radius 1 is 1.30 bits per heavy atom. The van der Waals surface area contributed by atoms with E-state index in [4.69, 9.17) is 0 Å². The minimum absolute atomic E-state index is 0.0988. The fourth-order valence-electron chi connectivity index (χ4n) is 2.67. The summed E-state index contributed by atoms with van der Waals surface area (Å²) in [5.41, 5.74) is 1.59. The fraction of sp³-hybridized carbons (Fsp3) is 0.353. The average Bonchev–Trinajstić information content (AvgIpc) is 2.84. The molecule has 1 aliphatic rings. The highest BCUT2D eigenvalue weighted by atomic mass is 32.1. The van der Waals surface area contributed by atoms with Crippen molar-refractivity contribution >= 4 is 23.2 Å². The molecule has 1 unspecified atom stereocenters. The van der Waals surface area contributed by atoms with E-state index in [2.05, 4.69) is 15.6 Å². The van der Waals surface area contributed by atoms with Crippen molar-refractivity contribution in [3.05, 3.63) is 40.2 Å². The summed E-state index contributed by atoms with van der Waals surface area (Å²) in [5.74, 6) is -0.324. The SMILES string of the molecule is Cc1nc(-c2ccccc2)c(C(=O)NC2CCCCNC2=O)s1. The molecule has 1 aromatic carbocycles. The molecule has 6 heteroatoms. The third-order valence-electron chi connectivity index (χ3n) is 3.83. The molecule has 0 saturated carbocycles. The molecule has 2 N–H and O–H groups in total. The Morgan fingerprint density at radius 3 is 2.87 bits per heavy atom. The molecule has 1 aliphatic heterocycles. The van der Waals surface area contributed by atoms with Crippen LogP contribution in [-0.4, -0.2) is 29.4 Å². The van der Waals surface area contributed by atoms with Crippen molar-refractivity contribution in [1.82, 2.24) is 15.6 Å². The number of benzene rings is 1. The van der Waals surface area contributed by atoms with Gasteiger partial charge in [0.15, 0.2) is 0 Å². The number of thiazole rings is 1. The van der Waals surface area contributed by atoms with Crippen LogP contribution in [0, 0.1) is 6.92 Å². The standard InChI is InChI=1S/C17H19N3O2S/c1-11-19-14(12-7-3-2-4-8-12)15(23-11)17(22)20-13-9-5-6-10-18-16(13)21/h2-4,7-8,13H,5-6,9-10H2,1H3,(H,18,21)(H,20,22). The van der Waals surface area contributed by atoms with E-state index in [1.807, 2.05) is 37.3 Å². The molecule has 23 heavy (non-hydrogen) atoms. The van der Waals surface area contributed by atoms with Crippen molar-refractivity contribution in [2.24, 2.45) is 0 Å². The summed E-state index contributed by atoms with van der Waals surface area (Å²) in [7, 11) is 0. The zero-order chi connectivity index (χ0) is 16.2. The van der Waals surface area contributed by atoms with E-state index < -0.39 is 6.04 Å². The summed E-state index contributed by atoms with van der Waals surface area (Å²) in [6.07, 6.45) is 2.56. The molecule has 5 nitrogen and oxygen atoms in total. The summed E-state index contributed by atoms with van der Waals surface area (Å²) < 4.78 is 0. The predicted molar refractivity (Wildman–Crippen MR) is 90.4 cm³/mol. The third kappa shape index (κ3) is 3.59. The molecule has 0 radical (unpaired) electrons. The van der Waals surface area contributed by atoms with Gasteiger partial charge in [0.2, 0.25) is 5.91 Å². The summed E-state index contributed by atoms with van der Waals surface area (Å²) in [6, 6.07) is 9.18. The van der Waals surface area contributed by atoms with E-state index in [9.17, 15) is 9.59 Å². The summed E-state index contributed by atoms with van der Waals surface area (Å²) in [5, 5.41) is 6.54. The van der Waals surface area contributed by atoms with Crippen LogP contribution in [0.25, 0.3) is 11.3 Å². The molecule has 1 aromatic heterocycles. The molecule has 2 heterocycles. The number of carbonyl (C=O) groups is 2. The Kier molecular flexibility index (Phi) is 4.71. The van der Waals surface area contributed by atoms with Crippen molar-refractivity contribution in [3.63, 3.8) is 0 Å². The van der Waals surface area contributed by atoms with Gasteiger partial charge in [-0.2, -0.15) is 0 Å². The van der Waals surface area contributed by atoms with Crippen LogP contribution in [0.15, 0.2) is 30.3 Å². The molecule has 3 rings (SSSR count). The summed E-state index contributed by atoms with van der Waals surface area (Å²) in [4.78, 5) is 29.7. The van der Waals surface area contributed by atoms with E-state index in [1.165, 1.54) is 11.3 Å². The molecular formula is C17H19N3O2S. The van der Waals surface area contributed by atoms with Gasteiger partial charge in [-0.3, -0.25) is 9.59 Å². The van der Waals surface area contributed by atoms with Crippen molar-refractivity contribution in [3.8, 4) is 11.3 Å². The van der Waals surface area contributed by atoms with Crippen LogP contribution >= 0.6 is 11.3 Å². The van der Waals surface area contributed by atoms with Gasteiger partial charge in [-0.1, -0.05) is 30.3 Å². The van der Waals surface area contributed by atoms with Gasteiger partial charge in [-0.05, 0) is 26.2 Å². The number of nitrogens with one attached hydrogen (secondary N) is 2. The molecule has 0 spiro atoms. The Hall–Kier alpha value is -2.21. The third-order valence-corrected chi connectivity index (χ3v) is 4.80. The molecule has 120 valence electrons. The number of aromatic nitrogens is 1. The lowest BCUT2D eigenvalue weighted by atomic mass is 10.1. The molecule has 0 bridgehead atoms. The molecular weight excluding hydrogens is 310 g/mol. The highest BCUT2D eigenvalue weighted by molar-refractivity contribution is 7.14. The van der Waals surface area contributed by atoms with Gasteiger partial charge in [0.05, 0.1) is 10.7 Å². The second kappa shape index (κ2) is 6.91. The molecule has 2 amide bonds. The van der Waals surface area contributed by atoms with Gasteiger partial charge in [-0.15, -0.1) is 11.3 Å². The topological polar surface area (TPSA) is 71.1 Å². The molecule has 0 aliphatic carbocycles. The first kappa shape index (κ1) is 15.7. The minimum atomic E-state index is -0.462. The van der Waals surface area contributed by atoms with E-state index >= 15 is 0 Å². The number of aryl methyl sites for hydroxylation is 1. The van der Waals surface area contributed by atoms with Crippen molar-refractivity contribution in [2.45, 2.75) is 32.2 Å². The largest absolute Gasteiger partial charge is 0.354 e. The van der Waals surface area contributed by atoms with Crippen LogP contribution in [0.5, 0.6) is 0 Å². The number of carbonyl (C=O) groups excluding carboxylic acids is 2. The van der Waals surface area contributed by atoms with Crippen LogP contribution in [0.3, 0.4) is 0 Å². The first-order chi connectivity index (χ1) is 11.1. The van der Waals surface area contributed by atoms with Crippen molar-refractivity contribution < 1.29 is 9.59 Å². The van der Waals surface area contributed by atoms with Crippen LogP contribution in [0.2, 0.25) is 0 Å². The van der Waals surface area contributed by atoms with Crippen LogP contribution in [0.4, 0.5) is 0 Å². The van der Waals surface area contributed by atoms with Gasteiger partial charge in [0, 0.05) is 12.1 Å². The van der Waals surface area contributed by atoms with Crippen molar-refractivity contribution in [1.29, 1.82) is 0 Å². The first-order valence-corrected chi connectivity index (χ1v) is 8.58. The highest BCUT2D eigenvalue weighted by Crippen LogP contribution is 2.28. The van der Waals surface area contributed by atoms with E-state index in [0.717, 1.165) is 23.4 Å². The van der Waals surface area contributed by atoms with E-state index in [-0.39, 0.29) is 11.8 Å². The second-order valence-corrected chi connectivity index (χ2v) is 6.79. The normalized spacial score (nSPS) is 18.1. The smallest absolute Gasteiger partial charge is 0.264 e. The summed E-state index contributed by atoms with van der Waals surface area (Å²) >= 11 is 1.36. The van der Waals surface area contributed by atoms with Gasteiger partial charge < -0.3 is 10.6 Å². The number of rotatable bonds is 3. The minimum Gasteiger partial charge on any atom is -0.354 e. The summed E-state index contributed by atoms with van der Waals surface area (Å²) in [6.45, 7) is 2.56. The predicted octanol–water partition coefficient (Wildman–Crippen LogP) is 2.52. The van der Waals surface area contributed by atoms with Gasteiger partial charge in [-0.25, -0.2) is 4.98 Å². The second-order valence-electron chi connectivity index (χ2n) is 5.59. The number of amides is 2. The van der Waals surface area contributed by atoms with Gasteiger partial charge in [0.1, 0.15) is 10.9 Å². The lowest BCUT2D eigenvalue weighted by Gasteiger charge is -2.15. The highest BCUT2D eigenvalue weighted by Gasteiger charge is 2.25. The zero-order valence-corrected chi connectivity index (χ0v) is 13.8. The van der Waals surface area contributed by atoms with E-state index in [1.54, 1.807) is 0 Å². The average molecular weight is 329 g/mol. The molecule has 2 aromatic rings. The number of hydrogen-bond acceptors (Lipinski definition) is 4. The lowest BCUT2D eigenvalue weighted by molar-refractivity contribution is -0.122. The monoisotopic (exact) mass is 329 g/mol. The Balaban J connectivity index is 1.84. The van der Waals surface area contributed by atoms with Gasteiger partial charge >= 0.3 is 0 Å².